The molecule has 1 aliphatic heterocycles. The minimum atomic E-state index is -0.755. The molecule has 1 N–H and O–H groups in total. The van der Waals surface area contributed by atoms with Crippen LogP contribution < -0.4 is 0 Å². The fourth-order valence-corrected chi connectivity index (χ4v) is 4.70. The zero-order valence-electron chi connectivity index (χ0n) is 10.5. The highest BCUT2D eigenvalue weighted by Crippen LogP contribution is 2.31. The first-order chi connectivity index (χ1) is 9.72. The maximum Gasteiger partial charge on any atom is 0.304 e. The van der Waals surface area contributed by atoms with Gasteiger partial charge in [0.25, 0.3) is 0 Å². The van der Waals surface area contributed by atoms with E-state index < -0.39 is 5.97 Å². The van der Waals surface area contributed by atoms with E-state index in [-0.39, 0.29) is 6.42 Å². The molecule has 0 radical (unpaired) electrons. The number of nitrogens with zero attached hydrogens (tertiary/aromatic N) is 2. The van der Waals surface area contributed by atoms with E-state index in [1.807, 2.05) is 12.1 Å². The lowest BCUT2D eigenvalue weighted by molar-refractivity contribution is -0.136. The average Bonchev–Trinajstić information content (AvgIpc) is 3.06. The fourth-order valence-electron chi connectivity index (χ4n) is 1.81. The van der Waals surface area contributed by atoms with Gasteiger partial charge in [-0.3, -0.25) is 9.79 Å². The molecule has 4 nitrogen and oxygen atoms in total. The summed E-state index contributed by atoms with van der Waals surface area (Å²) in [6.07, 6.45) is 0.185. The minimum Gasteiger partial charge on any atom is -0.481 e. The van der Waals surface area contributed by atoms with Gasteiger partial charge >= 0.3 is 5.97 Å². The van der Waals surface area contributed by atoms with Crippen molar-refractivity contribution in [3.05, 3.63) is 23.2 Å². The molecule has 0 saturated carbocycles. The molecule has 3 rings (SSSR count). The first kappa shape index (κ1) is 13.9. The molecule has 20 heavy (non-hydrogen) atoms. The Kier molecular flexibility index (Phi) is 4.28. The van der Waals surface area contributed by atoms with E-state index in [2.05, 4.69) is 16.0 Å². The van der Waals surface area contributed by atoms with Crippen molar-refractivity contribution >= 4 is 56.1 Å². The van der Waals surface area contributed by atoms with Gasteiger partial charge in [0.15, 0.2) is 0 Å². The van der Waals surface area contributed by atoms with E-state index in [0.717, 1.165) is 37.5 Å². The number of rotatable bonds is 5. The van der Waals surface area contributed by atoms with E-state index >= 15 is 0 Å². The first-order valence-corrected chi connectivity index (χ1v) is 8.94. The van der Waals surface area contributed by atoms with Crippen molar-refractivity contribution in [3.8, 4) is 0 Å². The number of aliphatic carboxylic acids is 1. The summed E-state index contributed by atoms with van der Waals surface area (Å²) < 4.78 is 1.13. The van der Waals surface area contributed by atoms with Gasteiger partial charge < -0.3 is 5.11 Å². The maximum atomic E-state index is 10.5. The van der Waals surface area contributed by atoms with Gasteiger partial charge in [-0.15, -0.1) is 34.9 Å². The topological polar surface area (TPSA) is 62.5 Å². The average molecular weight is 324 g/mol. The molecule has 2 heterocycles. The molecule has 0 amide bonds. The van der Waals surface area contributed by atoms with Crippen LogP contribution in [0.2, 0.25) is 0 Å². The number of fused-ring (bicyclic) bond motifs is 1. The fraction of sp³-hybridized carbons (Fsp3) is 0.308. The smallest absolute Gasteiger partial charge is 0.304 e. The molecular formula is C13H12N2O2S3. The summed E-state index contributed by atoms with van der Waals surface area (Å²) in [5, 5.41) is 10.7. The van der Waals surface area contributed by atoms with Gasteiger partial charge in [0, 0.05) is 22.9 Å². The third-order valence-corrected chi connectivity index (χ3v) is 5.85. The number of aromatic nitrogens is 1. The lowest BCUT2D eigenvalue weighted by atomic mass is 10.3. The summed E-state index contributed by atoms with van der Waals surface area (Å²) >= 11 is 4.98. The van der Waals surface area contributed by atoms with Crippen LogP contribution in [-0.4, -0.2) is 39.2 Å². The van der Waals surface area contributed by atoms with Crippen molar-refractivity contribution in [2.75, 3.05) is 18.1 Å². The number of aliphatic imine (C=N–C) groups is 1. The minimum absolute atomic E-state index is 0.185. The predicted molar refractivity (Wildman–Crippen MR) is 86.5 cm³/mol. The second-order valence-corrected chi connectivity index (χ2v) is 7.46. The Balaban J connectivity index is 1.78. The SMILES string of the molecule is O=C(O)CCSc1ccc2nc(C3=NCCS3)sc2c1. The zero-order chi connectivity index (χ0) is 13.9. The quantitative estimate of drug-likeness (QED) is 0.855. The predicted octanol–water partition coefficient (Wildman–Crippen LogP) is 3.36. The number of hydrogen-bond acceptors (Lipinski definition) is 6. The van der Waals surface area contributed by atoms with Gasteiger partial charge in [0.2, 0.25) is 0 Å². The molecule has 0 saturated heterocycles. The molecular weight excluding hydrogens is 312 g/mol. The standard InChI is InChI=1S/C13H12N2O2S3/c16-11(17)3-5-18-8-1-2-9-10(7-8)20-13(15-9)12-14-4-6-19-12/h1-2,7H,3-6H2,(H,16,17). The lowest BCUT2D eigenvalue weighted by Crippen LogP contribution is -1.95. The van der Waals surface area contributed by atoms with Crippen LogP contribution in [0.5, 0.6) is 0 Å². The van der Waals surface area contributed by atoms with Gasteiger partial charge in [0.05, 0.1) is 16.6 Å². The number of hydrogen-bond donors (Lipinski definition) is 1. The van der Waals surface area contributed by atoms with Crippen LogP contribution in [0.1, 0.15) is 11.4 Å². The largest absolute Gasteiger partial charge is 0.481 e. The highest BCUT2D eigenvalue weighted by Gasteiger charge is 2.14. The number of carboxylic acid groups (broad SMARTS) is 1. The summed E-state index contributed by atoms with van der Waals surface area (Å²) in [5.41, 5.74) is 0.989. The summed E-state index contributed by atoms with van der Waals surface area (Å²) in [6, 6.07) is 6.09. The van der Waals surface area contributed by atoms with E-state index in [4.69, 9.17) is 5.11 Å². The van der Waals surface area contributed by atoms with E-state index in [1.165, 1.54) is 0 Å². The first-order valence-electron chi connectivity index (χ1n) is 6.15. The van der Waals surface area contributed by atoms with E-state index in [1.54, 1.807) is 34.9 Å². The van der Waals surface area contributed by atoms with Crippen molar-refractivity contribution in [1.29, 1.82) is 0 Å². The Morgan fingerprint density at radius 2 is 2.35 bits per heavy atom. The number of thiazole rings is 1. The summed E-state index contributed by atoms with van der Waals surface area (Å²) in [5.74, 6) is 0.881. The summed E-state index contributed by atoms with van der Waals surface area (Å²) in [6.45, 7) is 0.881. The Hall–Kier alpha value is -1.05. The zero-order valence-corrected chi connectivity index (χ0v) is 13.0. The molecule has 0 unspecified atom stereocenters. The second kappa shape index (κ2) is 6.15. The normalized spacial score (nSPS) is 14.7. The number of thioether (sulfide) groups is 2. The number of carboxylic acids is 1. The number of benzene rings is 1. The molecule has 1 aromatic heterocycles. The Morgan fingerprint density at radius 3 is 3.10 bits per heavy atom. The maximum absolute atomic E-state index is 10.5. The molecule has 1 aliphatic rings. The number of carbonyl (C=O) groups is 1. The highest BCUT2D eigenvalue weighted by atomic mass is 32.2. The van der Waals surface area contributed by atoms with Crippen LogP contribution in [0.15, 0.2) is 28.1 Å². The Labute approximate surface area is 128 Å². The van der Waals surface area contributed by atoms with Crippen LogP contribution in [0.3, 0.4) is 0 Å². The molecule has 0 atom stereocenters. The summed E-state index contributed by atoms with van der Waals surface area (Å²) in [7, 11) is 0. The van der Waals surface area contributed by atoms with Gasteiger partial charge in [-0.05, 0) is 18.2 Å². The molecule has 2 aromatic rings. The third kappa shape index (κ3) is 3.16. The molecule has 104 valence electrons. The van der Waals surface area contributed by atoms with Crippen LogP contribution in [0.4, 0.5) is 0 Å². The Bertz CT molecular complexity index is 681. The van der Waals surface area contributed by atoms with Crippen LogP contribution in [0.25, 0.3) is 10.2 Å². The van der Waals surface area contributed by atoms with Gasteiger partial charge in [-0.2, -0.15) is 0 Å². The van der Waals surface area contributed by atoms with Crippen molar-refractivity contribution in [2.24, 2.45) is 4.99 Å². The molecule has 0 spiro atoms. The Morgan fingerprint density at radius 1 is 1.45 bits per heavy atom. The molecule has 7 heteroatoms. The second-order valence-electron chi connectivity index (χ2n) is 4.18. The molecule has 1 aromatic carbocycles. The van der Waals surface area contributed by atoms with Gasteiger partial charge in [0.1, 0.15) is 10.1 Å². The van der Waals surface area contributed by atoms with E-state index in [0.29, 0.717) is 5.75 Å². The van der Waals surface area contributed by atoms with Crippen LogP contribution >= 0.6 is 34.9 Å². The van der Waals surface area contributed by atoms with Crippen LogP contribution in [-0.2, 0) is 4.79 Å². The highest BCUT2D eigenvalue weighted by molar-refractivity contribution is 8.15. The van der Waals surface area contributed by atoms with Crippen molar-refractivity contribution < 1.29 is 9.90 Å². The van der Waals surface area contributed by atoms with Crippen LogP contribution in [0, 0.1) is 0 Å². The molecule has 0 bridgehead atoms. The van der Waals surface area contributed by atoms with Gasteiger partial charge in [-0.1, -0.05) is 0 Å². The lowest BCUT2D eigenvalue weighted by Gasteiger charge is -1.98. The van der Waals surface area contributed by atoms with Crippen molar-refractivity contribution in [3.63, 3.8) is 0 Å². The molecule has 0 aliphatic carbocycles. The monoisotopic (exact) mass is 324 g/mol. The molecule has 0 fully saturated rings. The van der Waals surface area contributed by atoms with Crippen molar-refractivity contribution in [2.45, 2.75) is 11.3 Å². The third-order valence-electron chi connectivity index (χ3n) is 2.71. The van der Waals surface area contributed by atoms with Crippen molar-refractivity contribution in [1.82, 2.24) is 4.98 Å². The van der Waals surface area contributed by atoms with E-state index in [9.17, 15) is 4.79 Å². The summed E-state index contributed by atoms with van der Waals surface area (Å²) in [4.78, 5) is 20.7. The van der Waals surface area contributed by atoms with Gasteiger partial charge in [-0.25, -0.2) is 4.98 Å².